The van der Waals surface area contributed by atoms with Crippen LogP contribution in [0.4, 0.5) is 0 Å². The van der Waals surface area contributed by atoms with E-state index in [9.17, 15) is 4.79 Å². The molecule has 1 aliphatic carbocycles. The molecular formula is C21H27ClN4O2S. The predicted octanol–water partition coefficient (Wildman–Crippen LogP) is 4.36. The first kappa shape index (κ1) is 21.7. The second kappa shape index (κ2) is 10.7. The van der Waals surface area contributed by atoms with Gasteiger partial charge in [0.05, 0.1) is 7.11 Å². The maximum atomic E-state index is 12.4. The third-order valence-electron chi connectivity index (χ3n) is 5.01. The lowest BCUT2D eigenvalue weighted by Gasteiger charge is -2.20. The molecule has 1 heterocycles. The van der Waals surface area contributed by atoms with E-state index in [1.54, 1.807) is 7.11 Å². The molecular weight excluding hydrogens is 408 g/mol. The van der Waals surface area contributed by atoms with Crippen LogP contribution in [0.15, 0.2) is 41.0 Å². The van der Waals surface area contributed by atoms with Crippen LogP contribution in [0.2, 0.25) is 0 Å². The van der Waals surface area contributed by atoms with Crippen molar-refractivity contribution in [2.75, 3.05) is 19.4 Å². The van der Waals surface area contributed by atoms with Gasteiger partial charge in [-0.2, -0.15) is 0 Å². The van der Waals surface area contributed by atoms with Crippen LogP contribution in [0, 0.1) is 5.92 Å². The Kier molecular flexibility index (Phi) is 8.00. The molecule has 1 saturated carbocycles. The molecule has 1 aromatic carbocycles. The van der Waals surface area contributed by atoms with Crippen LogP contribution in [-0.2, 0) is 11.2 Å². The first-order valence-corrected chi connectivity index (χ1v) is 11.3. The van der Waals surface area contributed by atoms with Gasteiger partial charge in [0.25, 0.3) is 0 Å². The first-order valence-electron chi connectivity index (χ1n) is 9.91. The minimum absolute atomic E-state index is 0.157. The fourth-order valence-electron chi connectivity index (χ4n) is 3.50. The van der Waals surface area contributed by atoms with Crippen molar-refractivity contribution in [2.45, 2.75) is 43.7 Å². The number of rotatable bonds is 9. The molecule has 0 unspecified atom stereocenters. The van der Waals surface area contributed by atoms with E-state index in [2.05, 4.69) is 22.1 Å². The highest BCUT2D eigenvalue weighted by Gasteiger charge is 2.21. The molecule has 1 N–H and O–H groups in total. The second-order valence-electron chi connectivity index (χ2n) is 7.11. The van der Waals surface area contributed by atoms with Crippen LogP contribution >= 0.6 is 23.4 Å². The smallest absolute Gasteiger partial charge is 0.223 e. The van der Waals surface area contributed by atoms with Crippen molar-refractivity contribution in [1.29, 1.82) is 0 Å². The van der Waals surface area contributed by atoms with Crippen molar-refractivity contribution in [3.63, 3.8) is 0 Å². The summed E-state index contributed by atoms with van der Waals surface area (Å²) in [5.41, 5.74) is 0.937. The zero-order valence-corrected chi connectivity index (χ0v) is 18.3. The van der Waals surface area contributed by atoms with Gasteiger partial charge in [0, 0.05) is 35.4 Å². The number of hydrogen-bond donors (Lipinski definition) is 1. The Morgan fingerprint density at radius 3 is 2.66 bits per heavy atom. The molecule has 0 radical (unpaired) electrons. The fourth-order valence-corrected chi connectivity index (χ4v) is 4.38. The van der Waals surface area contributed by atoms with E-state index in [4.69, 9.17) is 16.3 Å². The van der Waals surface area contributed by atoms with Gasteiger partial charge < -0.3 is 10.1 Å². The molecule has 1 aromatic heterocycles. The van der Waals surface area contributed by atoms with Crippen molar-refractivity contribution in [3.8, 4) is 11.4 Å². The van der Waals surface area contributed by atoms with Gasteiger partial charge in [-0.15, -0.1) is 10.2 Å². The Morgan fingerprint density at radius 2 is 2.00 bits per heavy atom. The van der Waals surface area contributed by atoms with Crippen LogP contribution < -0.4 is 10.1 Å². The van der Waals surface area contributed by atoms with Gasteiger partial charge in [0.1, 0.15) is 11.6 Å². The van der Waals surface area contributed by atoms with E-state index in [0.717, 1.165) is 48.1 Å². The monoisotopic (exact) mass is 434 g/mol. The number of aromatic nitrogens is 3. The molecule has 0 aliphatic heterocycles. The van der Waals surface area contributed by atoms with Crippen LogP contribution in [-0.4, -0.2) is 40.1 Å². The third-order valence-corrected chi connectivity index (χ3v) is 6.32. The minimum atomic E-state index is 0.157. The molecule has 1 amide bonds. The summed E-state index contributed by atoms with van der Waals surface area (Å²) in [7, 11) is 1.64. The molecule has 1 fully saturated rings. The van der Waals surface area contributed by atoms with E-state index >= 15 is 0 Å². The summed E-state index contributed by atoms with van der Waals surface area (Å²) >= 11 is 7.41. The number of hydrogen-bond acceptors (Lipinski definition) is 5. The van der Waals surface area contributed by atoms with Gasteiger partial charge in [-0.25, -0.2) is 0 Å². The number of nitrogens with one attached hydrogen (secondary N) is 1. The normalized spacial score (nSPS) is 14.6. The highest BCUT2D eigenvalue weighted by molar-refractivity contribution is 7.99. The number of carbonyl (C=O) groups is 1. The summed E-state index contributed by atoms with van der Waals surface area (Å²) in [5.74, 6) is 2.44. The Bertz CT molecular complexity index is 832. The molecule has 0 spiro atoms. The minimum Gasteiger partial charge on any atom is -0.497 e. The number of benzene rings is 1. The molecule has 0 bridgehead atoms. The highest BCUT2D eigenvalue weighted by atomic mass is 35.5. The molecule has 6 nitrogen and oxygen atoms in total. The standard InChI is InChI=1S/C21H27ClN4O2S/c1-15(22)14-29-21-25-24-19(26(21)17-8-10-18(28-2)11-9-17)12-13-23-20(27)16-6-4-3-5-7-16/h8-11,16H,1,3-7,12-14H2,2H3,(H,23,27). The number of ether oxygens (including phenoxy) is 1. The van der Waals surface area contributed by atoms with E-state index in [1.807, 2.05) is 28.8 Å². The SMILES string of the molecule is C=C(Cl)CSc1nnc(CCNC(=O)C2CCCCC2)n1-c1ccc(OC)cc1. The maximum absolute atomic E-state index is 12.4. The average molecular weight is 435 g/mol. The van der Waals surface area contributed by atoms with Crippen LogP contribution in [0.25, 0.3) is 5.69 Å². The molecule has 0 atom stereocenters. The van der Waals surface area contributed by atoms with Crippen molar-refractivity contribution >= 4 is 29.3 Å². The second-order valence-corrected chi connectivity index (χ2v) is 8.59. The summed E-state index contributed by atoms with van der Waals surface area (Å²) in [6, 6.07) is 7.73. The van der Waals surface area contributed by atoms with Gasteiger partial charge in [-0.1, -0.05) is 49.2 Å². The summed E-state index contributed by atoms with van der Waals surface area (Å²) in [4.78, 5) is 12.4. The Labute approximate surface area is 181 Å². The van der Waals surface area contributed by atoms with Crippen LogP contribution in [0.1, 0.15) is 37.9 Å². The molecule has 3 rings (SSSR count). The summed E-state index contributed by atoms with van der Waals surface area (Å²) < 4.78 is 7.25. The van der Waals surface area contributed by atoms with Gasteiger partial charge in [0.15, 0.2) is 5.16 Å². The van der Waals surface area contributed by atoms with Gasteiger partial charge >= 0.3 is 0 Å². The van der Waals surface area contributed by atoms with Gasteiger partial charge in [-0.3, -0.25) is 9.36 Å². The topological polar surface area (TPSA) is 69.0 Å². The maximum Gasteiger partial charge on any atom is 0.223 e. The van der Waals surface area contributed by atoms with Gasteiger partial charge in [-0.05, 0) is 37.1 Å². The number of thioether (sulfide) groups is 1. The number of methoxy groups -OCH3 is 1. The number of amides is 1. The van der Waals surface area contributed by atoms with E-state index in [0.29, 0.717) is 23.8 Å². The lowest BCUT2D eigenvalue weighted by atomic mass is 9.89. The average Bonchev–Trinajstić information content (AvgIpc) is 3.15. The molecule has 0 saturated heterocycles. The van der Waals surface area contributed by atoms with Crippen LogP contribution in [0.3, 0.4) is 0 Å². The zero-order chi connectivity index (χ0) is 20.6. The fraction of sp³-hybridized carbons (Fsp3) is 0.476. The lowest BCUT2D eigenvalue weighted by molar-refractivity contribution is -0.125. The number of nitrogens with zero attached hydrogens (tertiary/aromatic N) is 3. The summed E-state index contributed by atoms with van der Waals surface area (Å²) in [6.45, 7) is 4.28. The molecule has 29 heavy (non-hydrogen) atoms. The van der Waals surface area contributed by atoms with E-state index in [-0.39, 0.29) is 11.8 Å². The summed E-state index contributed by atoms with van der Waals surface area (Å²) in [6.07, 6.45) is 6.13. The van der Waals surface area contributed by atoms with E-state index in [1.165, 1.54) is 18.2 Å². The van der Waals surface area contributed by atoms with E-state index < -0.39 is 0 Å². The first-order chi connectivity index (χ1) is 14.1. The molecule has 1 aliphatic rings. The predicted molar refractivity (Wildman–Crippen MR) is 117 cm³/mol. The number of halogens is 1. The molecule has 156 valence electrons. The van der Waals surface area contributed by atoms with Crippen molar-refractivity contribution in [2.24, 2.45) is 5.92 Å². The summed E-state index contributed by atoms with van der Waals surface area (Å²) in [5, 5.41) is 13.1. The third kappa shape index (κ3) is 6.00. The van der Waals surface area contributed by atoms with Crippen LogP contribution in [0.5, 0.6) is 5.75 Å². The Morgan fingerprint density at radius 1 is 1.28 bits per heavy atom. The van der Waals surface area contributed by atoms with Crippen molar-refractivity contribution < 1.29 is 9.53 Å². The van der Waals surface area contributed by atoms with Crippen molar-refractivity contribution in [3.05, 3.63) is 41.7 Å². The van der Waals surface area contributed by atoms with Gasteiger partial charge in [0.2, 0.25) is 5.91 Å². The largest absolute Gasteiger partial charge is 0.497 e. The van der Waals surface area contributed by atoms with Crippen molar-refractivity contribution in [1.82, 2.24) is 20.1 Å². The Hall–Kier alpha value is -1.99. The lowest BCUT2D eigenvalue weighted by Crippen LogP contribution is -2.33. The Balaban J connectivity index is 1.71. The molecule has 8 heteroatoms. The number of carbonyl (C=O) groups excluding carboxylic acids is 1. The quantitative estimate of drug-likeness (QED) is 0.594. The molecule has 2 aromatic rings. The highest BCUT2D eigenvalue weighted by Crippen LogP contribution is 2.26. The zero-order valence-electron chi connectivity index (χ0n) is 16.7.